The predicted octanol–water partition coefficient (Wildman–Crippen LogP) is 4.50. The molecule has 1 aromatic carbocycles. The highest BCUT2D eigenvalue weighted by molar-refractivity contribution is 5.89. The van der Waals surface area contributed by atoms with Crippen molar-refractivity contribution >= 4 is 11.7 Å². The summed E-state index contributed by atoms with van der Waals surface area (Å²) in [4.78, 5) is 12.2. The van der Waals surface area contributed by atoms with Crippen molar-refractivity contribution in [2.75, 3.05) is 5.32 Å². The van der Waals surface area contributed by atoms with Crippen LogP contribution >= 0.6 is 0 Å². The molecule has 4 nitrogen and oxygen atoms in total. The molecule has 1 aromatic heterocycles. The molecule has 0 saturated heterocycles. The van der Waals surface area contributed by atoms with Crippen LogP contribution in [0.5, 0.6) is 0 Å². The van der Waals surface area contributed by atoms with Crippen molar-refractivity contribution in [1.82, 2.24) is 5.32 Å². The van der Waals surface area contributed by atoms with E-state index in [2.05, 4.69) is 31.4 Å². The van der Waals surface area contributed by atoms with Crippen molar-refractivity contribution in [3.8, 4) is 0 Å². The third-order valence-electron chi connectivity index (χ3n) is 3.22. The first-order valence-corrected chi connectivity index (χ1v) is 7.05. The van der Waals surface area contributed by atoms with Crippen molar-refractivity contribution in [1.29, 1.82) is 0 Å². The van der Waals surface area contributed by atoms with E-state index >= 15 is 0 Å². The van der Waals surface area contributed by atoms with Gasteiger partial charge in [0.15, 0.2) is 0 Å². The number of urea groups is 1. The number of carbonyl (C=O) groups excluding carboxylic acids is 1. The fourth-order valence-electron chi connectivity index (χ4n) is 2.14. The molecule has 0 saturated carbocycles. The van der Waals surface area contributed by atoms with Gasteiger partial charge in [0.1, 0.15) is 11.5 Å². The molecular weight excluding hydrogens is 264 g/mol. The molecule has 0 radical (unpaired) electrons. The molecule has 1 heterocycles. The Hall–Kier alpha value is -2.23. The highest BCUT2D eigenvalue weighted by atomic mass is 16.3. The van der Waals surface area contributed by atoms with E-state index in [-0.39, 0.29) is 17.5 Å². The molecule has 2 rings (SSSR count). The lowest BCUT2D eigenvalue weighted by molar-refractivity contribution is 0.215. The SMILES string of the molecule is Cc1ccc([C@H](NC(=O)Nc2ccccc2)C(C)(C)C)o1. The fraction of sp³-hybridized carbons (Fsp3) is 0.353. The van der Waals surface area contributed by atoms with Crippen molar-refractivity contribution in [3.63, 3.8) is 0 Å². The van der Waals surface area contributed by atoms with E-state index in [9.17, 15) is 4.79 Å². The van der Waals surface area contributed by atoms with Crippen LogP contribution in [0.2, 0.25) is 0 Å². The Morgan fingerprint density at radius 2 is 1.76 bits per heavy atom. The lowest BCUT2D eigenvalue weighted by Gasteiger charge is -2.29. The number of furan rings is 1. The summed E-state index contributed by atoms with van der Waals surface area (Å²) in [5, 5.41) is 5.82. The number of carbonyl (C=O) groups is 1. The molecular formula is C17H22N2O2. The molecule has 0 unspecified atom stereocenters. The van der Waals surface area contributed by atoms with Crippen LogP contribution in [0.1, 0.15) is 38.3 Å². The first-order valence-electron chi connectivity index (χ1n) is 7.05. The monoisotopic (exact) mass is 286 g/mol. The number of hydrogen-bond acceptors (Lipinski definition) is 2. The normalized spacial score (nSPS) is 12.8. The standard InChI is InChI=1S/C17H22N2O2/c1-12-10-11-14(21-12)15(17(2,3)4)19-16(20)18-13-8-6-5-7-9-13/h5-11,15H,1-4H3,(H2,18,19,20)/t15-/m0/s1. The number of para-hydroxylation sites is 1. The van der Waals surface area contributed by atoms with E-state index in [1.54, 1.807) is 0 Å². The Labute approximate surface area is 125 Å². The molecule has 0 aliphatic heterocycles. The summed E-state index contributed by atoms with van der Waals surface area (Å²) in [6.07, 6.45) is 0. The molecule has 0 spiro atoms. The van der Waals surface area contributed by atoms with Crippen molar-refractivity contribution in [3.05, 3.63) is 54.0 Å². The Morgan fingerprint density at radius 1 is 1.10 bits per heavy atom. The second kappa shape index (κ2) is 6.04. The molecule has 21 heavy (non-hydrogen) atoms. The maximum atomic E-state index is 12.2. The molecule has 2 aromatic rings. The molecule has 0 aliphatic rings. The van der Waals surface area contributed by atoms with Crippen LogP contribution in [-0.4, -0.2) is 6.03 Å². The predicted molar refractivity (Wildman–Crippen MR) is 84.2 cm³/mol. The minimum absolute atomic E-state index is 0.154. The van der Waals surface area contributed by atoms with Crippen LogP contribution in [0.3, 0.4) is 0 Å². The molecule has 0 fully saturated rings. The zero-order valence-electron chi connectivity index (χ0n) is 12.9. The average molecular weight is 286 g/mol. The van der Waals surface area contributed by atoms with Crippen LogP contribution in [0.15, 0.2) is 46.9 Å². The van der Waals surface area contributed by atoms with Gasteiger partial charge in [-0.05, 0) is 36.6 Å². The summed E-state index contributed by atoms with van der Waals surface area (Å²) >= 11 is 0. The summed E-state index contributed by atoms with van der Waals surface area (Å²) < 4.78 is 5.68. The van der Waals surface area contributed by atoms with Gasteiger partial charge in [-0.25, -0.2) is 4.79 Å². The second-order valence-corrected chi connectivity index (χ2v) is 6.21. The molecule has 0 aliphatic carbocycles. The number of hydrogen-bond donors (Lipinski definition) is 2. The van der Waals surface area contributed by atoms with Gasteiger partial charge in [-0.2, -0.15) is 0 Å². The summed E-state index contributed by atoms with van der Waals surface area (Å²) in [7, 11) is 0. The van der Waals surface area contributed by atoms with E-state index in [0.29, 0.717) is 0 Å². The molecule has 0 bridgehead atoms. The fourth-order valence-corrected chi connectivity index (χ4v) is 2.14. The van der Waals surface area contributed by atoms with Gasteiger partial charge in [0.2, 0.25) is 0 Å². The summed E-state index contributed by atoms with van der Waals surface area (Å²) in [6, 6.07) is 12.8. The number of nitrogens with one attached hydrogen (secondary N) is 2. The van der Waals surface area contributed by atoms with Crippen LogP contribution in [0.4, 0.5) is 10.5 Å². The first-order chi connectivity index (χ1) is 9.86. The lowest BCUT2D eigenvalue weighted by Crippen LogP contribution is -2.38. The largest absolute Gasteiger partial charge is 0.464 e. The summed E-state index contributed by atoms with van der Waals surface area (Å²) in [5.74, 6) is 1.60. The van der Waals surface area contributed by atoms with Crippen LogP contribution in [-0.2, 0) is 0 Å². The average Bonchev–Trinajstić information content (AvgIpc) is 2.82. The zero-order chi connectivity index (χ0) is 15.5. The molecule has 112 valence electrons. The van der Waals surface area contributed by atoms with Gasteiger partial charge < -0.3 is 15.1 Å². The van der Waals surface area contributed by atoms with Crippen LogP contribution in [0.25, 0.3) is 0 Å². The van der Waals surface area contributed by atoms with Gasteiger partial charge in [0, 0.05) is 5.69 Å². The maximum absolute atomic E-state index is 12.2. The zero-order valence-corrected chi connectivity index (χ0v) is 12.9. The van der Waals surface area contributed by atoms with Crippen LogP contribution < -0.4 is 10.6 Å². The van der Waals surface area contributed by atoms with Gasteiger partial charge in [-0.15, -0.1) is 0 Å². The topological polar surface area (TPSA) is 54.3 Å². The minimum Gasteiger partial charge on any atom is -0.464 e. The number of amides is 2. The Morgan fingerprint density at radius 3 is 2.29 bits per heavy atom. The summed E-state index contributed by atoms with van der Waals surface area (Å²) in [6.45, 7) is 8.10. The molecule has 2 N–H and O–H groups in total. The highest BCUT2D eigenvalue weighted by Crippen LogP contribution is 2.33. The number of rotatable bonds is 3. The highest BCUT2D eigenvalue weighted by Gasteiger charge is 2.30. The molecule has 2 amide bonds. The molecule has 4 heteroatoms. The van der Waals surface area contributed by atoms with E-state index in [0.717, 1.165) is 17.2 Å². The summed E-state index contributed by atoms with van der Waals surface area (Å²) in [5.41, 5.74) is 0.608. The van der Waals surface area contributed by atoms with E-state index in [4.69, 9.17) is 4.42 Å². The van der Waals surface area contributed by atoms with Gasteiger partial charge in [0.25, 0.3) is 0 Å². The van der Waals surface area contributed by atoms with E-state index < -0.39 is 0 Å². The lowest BCUT2D eigenvalue weighted by atomic mass is 9.85. The van der Waals surface area contributed by atoms with Crippen molar-refractivity contribution < 1.29 is 9.21 Å². The minimum atomic E-state index is -0.241. The second-order valence-electron chi connectivity index (χ2n) is 6.21. The number of aryl methyl sites for hydroxylation is 1. The Balaban J connectivity index is 2.11. The van der Waals surface area contributed by atoms with E-state index in [1.807, 2.05) is 49.4 Å². The number of benzene rings is 1. The van der Waals surface area contributed by atoms with Gasteiger partial charge in [0.05, 0.1) is 6.04 Å². The third kappa shape index (κ3) is 4.12. The van der Waals surface area contributed by atoms with Gasteiger partial charge in [-0.1, -0.05) is 39.0 Å². The maximum Gasteiger partial charge on any atom is 0.319 e. The van der Waals surface area contributed by atoms with Gasteiger partial charge >= 0.3 is 6.03 Å². The van der Waals surface area contributed by atoms with Gasteiger partial charge in [-0.3, -0.25) is 0 Å². The van der Waals surface area contributed by atoms with Crippen molar-refractivity contribution in [2.45, 2.75) is 33.7 Å². The Bertz CT molecular complexity index is 597. The van der Waals surface area contributed by atoms with Crippen LogP contribution in [0, 0.1) is 12.3 Å². The van der Waals surface area contributed by atoms with E-state index in [1.165, 1.54) is 0 Å². The van der Waals surface area contributed by atoms with Crippen molar-refractivity contribution in [2.24, 2.45) is 5.41 Å². The quantitative estimate of drug-likeness (QED) is 0.873. The smallest absolute Gasteiger partial charge is 0.319 e. The third-order valence-corrected chi connectivity index (χ3v) is 3.22. The first kappa shape index (κ1) is 15.2. The Kier molecular flexibility index (Phi) is 4.36. The number of anilines is 1. The molecule has 1 atom stereocenters.